The molecule has 0 saturated heterocycles. The summed E-state index contributed by atoms with van der Waals surface area (Å²) >= 11 is 5.93. The number of esters is 1. The van der Waals surface area contributed by atoms with Crippen molar-refractivity contribution in [3.63, 3.8) is 0 Å². The summed E-state index contributed by atoms with van der Waals surface area (Å²) in [6.45, 7) is 0. The van der Waals surface area contributed by atoms with Gasteiger partial charge in [-0.2, -0.15) is 0 Å². The van der Waals surface area contributed by atoms with Gasteiger partial charge in [-0.1, -0.05) is 23.7 Å². The van der Waals surface area contributed by atoms with Gasteiger partial charge in [-0.15, -0.1) is 0 Å². The molecule has 0 aliphatic rings. The second-order valence-corrected chi connectivity index (χ2v) is 4.09. The fraction of sp³-hybridized carbons (Fsp3) is 0.0769. The average molecular weight is 263 g/mol. The first-order valence-electron chi connectivity index (χ1n) is 5.21. The highest BCUT2D eigenvalue weighted by molar-refractivity contribution is 6.30. The van der Waals surface area contributed by atoms with Gasteiger partial charge in [0.2, 0.25) is 0 Å². The molecule has 2 N–H and O–H groups in total. The normalized spacial score (nSPS) is 10.1. The average Bonchev–Trinajstić information content (AvgIpc) is 2.37. The molecule has 0 spiro atoms. The van der Waals surface area contributed by atoms with Crippen LogP contribution in [0, 0.1) is 0 Å². The van der Waals surface area contributed by atoms with Crippen LogP contribution < -0.4 is 5.73 Å². The van der Waals surface area contributed by atoms with E-state index in [9.17, 15) is 4.79 Å². The molecular formula is C13H11ClN2O2. The number of anilines is 1. The number of carbonyl (C=O) groups excluding carboxylic acids is 1. The predicted octanol–water partition coefficient (Wildman–Crippen LogP) is 2.77. The monoisotopic (exact) mass is 262 g/mol. The Morgan fingerprint density at radius 1 is 1.39 bits per heavy atom. The van der Waals surface area contributed by atoms with E-state index in [2.05, 4.69) is 4.98 Å². The molecule has 2 rings (SSSR count). The van der Waals surface area contributed by atoms with Crippen molar-refractivity contribution in [2.75, 3.05) is 12.8 Å². The van der Waals surface area contributed by atoms with E-state index in [4.69, 9.17) is 22.1 Å². The molecule has 0 aliphatic carbocycles. The van der Waals surface area contributed by atoms with Crippen molar-refractivity contribution >= 4 is 23.4 Å². The van der Waals surface area contributed by atoms with Gasteiger partial charge in [0.25, 0.3) is 0 Å². The summed E-state index contributed by atoms with van der Waals surface area (Å²) < 4.78 is 4.73. The highest BCUT2D eigenvalue weighted by atomic mass is 35.5. The van der Waals surface area contributed by atoms with E-state index < -0.39 is 5.97 Å². The molecule has 4 nitrogen and oxygen atoms in total. The predicted molar refractivity (Wildman–Crippen MR) is 70.4 cm³/mol. The molecular weight excluding hydrogens is 252 g/mol. The van der Waals surface area contributed by atoms with E-state index in [1.54, 1.807) is 18.2 Å². The van der Waals surface area contributed by atoms with E-state index in [-0.39, 0.29) is 5.82 Å². The number of hydrogen-bond acceptors (Lipinski definition) is 4. The molecule has 0 amide bonds. The molecule has 1 aromatic carbocycles. The van der Waals surface area contributed by atoms with Crippen LogP contribution in [0.2, 0.25) is 5.02 Å². The molecule has 0 aliphatic heterocycles. The van der Waals surface area contributed by atoms with Crippen molar-refractivity contribution in [3.8, 4) is 11.1 Å². The third-order valence-corrected chi connectivity index (χ3v) is 2.70. The molecule has 0 fully saturated rings. The van der Waals surface area contributed by atoms with Crippen LogP contribution >= 0.6 is 11.6 Å². The molecule has 92 valence electrons. The number of nitrogen functional groups attached to an aromatic ring is 1. The topological polar surface area (TPSA) is 65.2 Å². The summed E-state index contributed by atoms with van der Waals surface area (Å²) in [5, 5.41) is 0.583. The van der Waals surface area contributed by atoms with Crippen LogP contribution in [-0.2, 0) is 4.74 Å². The molecule has 2 aromatic rings. The minimum Gasteiger partial charge on any atom is -0.465 e. The zero-order valence-electron chi connectivity index (χ0n) is 9.68. The highest BCUT2D eigenvalue weighted by Gasteiger charge is 2.14. The molecule has 18 heavy (non-hydrogen) atoms. The maximum Gasteiger partial charge on any atom is 0.338 e. The van der Waals surface area contributed by atoms with E-state index in [1.807, 2.05) is 6.07 Å². The number of hydrogen-bond donors (Lipinski definition) is 1. The SMILES string of the molecule is COC(=O)c1cc(N)ncc1-c1cccc(Cl)c1. The first kappa shape index (κ1) is 12.4. The standard InChI is InChI=1S/C13H11ClN2O2/c1-18-13(17)10-6-12(15)16-7-11(10)8-3-2-4-9(14)5-8/h2-7H,1H3,(H2,15,16). The Hall–Kier alpha value is -2.07. The highest BCUT2D eigenvalue weighted by Crippen LogP contribution is 2.27. The van der Waals surface area contributed by atoms with Gasteiger partial charge in [-0.05, 0) is 23.8 Å². The Labute approximate surface area is 109 Å². The molecule has 0 saturated carbocycles. The van der Waals surface area contributed by atoms with E-state index in [1.165, 1.54) is 19.4 Å². The van der Waals surface area contributed by atoms with Crippen LogP contribution in [0.4, 0.5) is 5.82 Å². The summed E-state index contributed by atoms with van der Waals surface area (Å²) in [5.74, 6) is -0.194. The van der Waals surface area contributed by atoms with Gasteiger partial charge >= 0.3 is 5.97 Å². The Bertz CT molecular complexity index is 599. The Morgan fingerprint density at radius 3 is 2.83 bits per heavy atom. The van der Waals surface area contributed by atoms with Crippen LogP contribution in [0.25, 0.3) is 11.1 Å². The lowest BCUT2D eigenvalue weighted by molar-refractivity contribution is 0.0601. The lowest BCUT2D eigenvalue weighted by atomic mass is 10.0. The number of halogens is 1. The van der Waals surface area contributed by atoms with Crippen molar-refractivity contribution in [1.29, 1.82) is 0 Å². The quantitative estimate of drug-likeness (QED) is 0.845. The smallest absolute Gasteiger partial charge is 0.338 e. The van der Waals surface area contributed by atoms with Crippen molar-refractivity contribution in [1.82, 2.24) is 4.98 Å². The number of ether oxygens (including phenoxy) is 1. The summed E-state index contributed by atoms with van der Waals surface area (Å²) in [6, 6.07) is 8.64. The van der Waals surface area contributed by atoms with E-state index >= 15 is 0 Å². The largest absolute Gasteiger partial charge is 0.465 e. The fourth-order valence-electron chi connectivity index (χ4n) is 1.64. The minimum absolute atomic E-state index is 0.265. The van der Waals surface area contributed by atoms with E-state index in [0.29, 0.717) is 16.1 Å². The molecule has 0 radical (unpaired) electrons. The summed E-state index contributed by atoms with van der Waals surface area (Å²) in [6.07, 6.45) is 1.53. The van der Waals surface area contributed by atoms with Crippen molar-refractivity contribution in [3.05, 3.63) is 47.1 Å². The number of carbonyl (C=O) groups is 1. The Morgan fingerprint density at radius 2 is 2.17 bits per heavy atom. The number of pyridine rings is 1. The van der Waals surface area contributed by atoms with Crippen LogP contribution in [0.1, 0.15) is 10.4 Å². The van der Waals surface area contributed by atoms with Crippen molar-refractivity contribution < 1.29 is 9.53 Å². The number of methoxy groups -OCH3 is 1. The second kappa shape index (κ2) is 5.06. The van der Waals surface area contributed by atoms with Gasteiger partial charge in [-0.3, -0.25) is 0 Å². The van der Waals surface area contributed by atoms with E-state index in [0.717, 1.165) is 5.56 Å². The van der Waals surface area contributed by atoms with Gasteiger partial charge in [0, 0.05) is 16.8 Å². The summed E-state index contributed by atoms with van der Waals surface area (Å²) in [7, 11) is 1.32. The summed E-state index contributed by atoms with van der Waals surface area (Å²) in [4.78, 5) is 15.7. The molecule has 0 atom stereocenters. The van der Waals surface area contributed by atoms with Gasteiger partial charge in [0.1, 0.15) is 5.82 Å². The first-order chi connectivity index (χ1) is 8.61. The number of aromatic nitrogens is 1. The number of nitrogens with two attached hydrogens (primary N) is 1. The van der Waals surface area contributed by atoms with Crippen LogP contribution in [0.3, 0.4) is 0 Å². The zero-order valence-corrected chi connectivity index (χ0v) is 10.4. The lowest BCUT2D eigenvalue weighted by Gasteiger charge is -2.08. The van der Waals surface area contributed by atoms with Crippen LogP contribution in [0.5, 0.6) is 0 Å². The third-order valence-electron chi connectivity index (χ3n) is 2.47. The molecule has 1 aromatic heterocycles. The number of benzene rings is 1. The number of nitrogens with zero attached hydrogens (tertiary/aromatic N) is 1. The third kappa shape index (κ3) is 2.43. The minimum atomic E-state index is -0.459. The molecule has 0 unspecified atom stereocenters. The van der Waals surface area contributed by atoms with Gasteiger partial charge < -0.3 is 10.5 Å². The van der Waals surface area contributed by atoms with Gasteiger partial charge in [0.15, 0.2) is 0 Å². The fourth-order valence-corrected chi connectivity index (χ4v) is 1.83. The summed E-state index contributed by atoms with van der Waals surface area (Å²) in [5.41, 5.74) is 7.38. The van der Waals surface area contributed by atoms with Gasteiger partial charge in [0.05, 0.1) is 12.7 Å². The molecule has 0 bridgehead atoms. The lowest BCUT2D eigenvalue weighted by Crippen LogP contribution is -2.05. The second-order valence-electron chi connectivity index (χ2n) is 3.66. The maximum absolute atomic E-state index is 11.7. The Kier molecular flexibility index (Phi) is 3.48. The van der Waals surface area contributed by atoms with Gasteiger partial charge in [-0.25, -0.2) is 9.78 Å². The first-order valence-corrected chi connectivity index (χ1v) is 5.59. The number of rotatable bonds is 2. The maximum atomic E-state index is 11.7. The molecule has 1 heterocycles. The Balaban J connectivity index is 2.60. The zero-order chi connectivity index (χ0) is 13.1. The van der Waals surface area contributed by atoms with Crippen LogP contribution in [0.15, 0.2) is 36.5 Å². The molecule has 5 heteroatoms. The van der Waals surface area contributed by atoms with Crippen molar-refractivity contribution in [2.45, 2.75) is 0 Å². The van der Waals surface area contributed by atoms with Crippen LogP contribution in [-0.4, -0.2) is 18.1 Å². The van der Waals surface area contributed by atoms with Crippen molar-refractivity contribution in [2.24, 2.45) is 0 Å².